The molecule has 4 rings (SSSR count). The molecule has 2 aliphatic heterocycles. The summed E-state index contributed by atoms with van der Waals surface area (Å²) in [5.41, 5.74) is 3.61. The highest BCUT2D eigenvalue weighted by molar-refractivity contribution is 8.15. The van der Waals surface area contributed by atoms with Gasteiger partial charge in [0.05, 0.1) is 10.9 Å². The summed E-state index contributed by atoms with van der Waals surface area (Å²) >= 11 is 1.32. The van der Waals surface area contributed by atoms with E-state index in [0.29, 0.717) is 23.3 Å². The van der Waals surface area contributed by atoms with Gasteiger partial charge in [-0.15, -0.1) is 0 Å². The molecule has 2 aromatic rings. The Balaban J connectivity index is 1.58. The number of amidine groups is 2. The molecule has 1 N–H and O–H groups in total. The van der Waals surface area contributed by atoms with Crippen molar-refractivity contribution < 1.29 is 9.59 Å². The minimum absolute atomic E-state index is 0.0769. The first kappa shape index (κ1) is 23.2. The number of amides is 2. The molecular weight excluding hydrogens is 432 g/mol. The summed E-state index contributed by atoms with van der Waals surface area (Å²) in [6.07, 6.45) is 0.601. The maximum atomic E-state index is 13.2. The van der Waals surface area contributed by atoms with E-state index in [0.717, 1.165) is 16.9 Å². The van der Waals surface area contributed by atoms with Crippen LogP contribution in [0.2, 0.25) is 0 Å². The van der Waals surface area contributed by atoms with E-state index in [1.807, 2.05) is 69.3 Å². The third-order valence-electron chi connectivity index (χ3n) is 5.89. The molecule has 33 heavy (non-hydrogen) atoms. The van der Waals surface area contributed by atoms with Gasteiger partial charge < -0.3 is 5.32 Å². The van der Waals surface area contributed by atoms with Gasteiger partial charge in [-0.3, -0.25) is 14.6 Å². The Morgan fingerprint density at radius 3 is 2.42 bits per heavy atom. The number of benzene rings is 2. The lowest BCUT2D eigenvalue weighted by atomic mass is 10.0. The molecule has 0 fully saturated rings. The molecule has 0 bridgehead atoms. The van der Waals surface area contributed by atoms with E-state index in [1.165, 1.54) is 17.3 Å². The van der Waals surface area contributed by atoms with Crippen LogP contribution in [0.25, 0.3) is 0 Å². The van der Waals surface area contributed by atoms with Gasteiger partial charge in [0.1, 0.15) is 11.9 Å². The van der Waals surface area contributed by atoms with E-state index in [1.54, 1.807) is 4.90 Å². The monoisotopic (exact) mass is 462 g/mol. The average molecular weight is 463 g/mol. The quantitative estimate of drug-likeness (QED) is 0.609. The van der Waals surface area contributed by atoms with Gasteiger partial charge in [0.15, 0.2) is 5.17 Å². The van der Waals surface area contributed by atoms with Crippen molar-refractivity contribution in [3.63, 3.8) is 0 Å². The second-order valence-electron chi connectivity index (χ2n) is 9.01. The number of nitrogens with one attached hydrogen (secondary N) is 1. The smallest absolute Gasteiger partial charge is 0.259 e. The first-order valence-electron chi connectivity index (χ1n) is 11.5. The van der Waals surface area contributed by atoms with Crippen molar-refractivity contribution in [3.05, 3.63) is 59.7 Å². The van der Waals surface area contributed by atoms with Crippen LogP contribution in [0, 0.1) is 5.92 Å². The summed E-state index contributed by atoms with van der Waals surface area (Å²) in [5.74, 6) is 0.955. The maximum Gasteiger partial charge on any atom is 0.259 e. The lowest BCUT2D eigenvalue weighted by molar-refractivity contribution is -0.125. The first-order valence-corrected chi connectivity index (χ1v) is 12.4. The lowest BCUT2D eigenvalue weighted by Crippen LogP contribution is -2.43. The van der Waals surface area contributed by atoms with Gasteiger partial charge in [-0.25, -0.2) is 9.89 Å². The molecule has 2 heterocycles. The van der Waals surface area contributed by atoms with Crippen LogP contribution in [0.1, 0.15) is 58.1 Å². The van der Waals surface area contributed by atoms with Crippen molar-refractivity contribution in [1.29, 1.82) is 0 Å². The molecule has 0 saturated heterocycles. The highest BCUT2D eigenvalue weighted by Crippen LogP contribution is 2.36. The Kier molecular flexibility index (Phi) is 6.70. The summed E-state index contributed by atoms with van der Waals surface area (Å²) in [6, 6.07) is 15.2. The van der Waals surface area contributed by atoms with E-state index in [2.05, 4.69) is 19.2 Å². The standard InChI is InChI=1S/C26H30N4O2S/c1-6-21(24(31)27-18-13-11-17(12-14-18)15(2)3)33-26-28-20-10-8-7-9-19(20)23-29-22(16(4)5)25(32)30(23)26/h7-16,21-22H,6H2,1-5H3,(H,27,31)/t21-,22+/m0/s1. The van der Waals surface area contributed by atoms with Gasteiger partial charge in [-0.2, -0.15) is 0 Å². The van der Waals surface area contributed by atoms with E-state index >= 15 is 0 Å². The molecule has 6 nitrogen and oxygen atoms in total. The van der Waals surface area contributed by atoms with Crippen molar-refractivity contribution in [2.24, 2.45) is 15.9 Å². The van der Waals surface area contributed by atoms with Crippen LogP contribution in [0.15, 0.2) is 58.5 Å². The van der Waals surface area contributed by atoms with E-state index in [9.17, 15) is 9.59 Å². The fourth-order valence-electron chi connectivity index (χ4n) is 3.91. The van der Waals surface area contributed by atoms with Crippen LogP contribution < -0.4 is 5.32 Å². The van der Waals surface area contributed by atoms with Gasteiger partial charge in [0.25, 0.3) is 5.91 Å². The zero-order valence-corrected chi connectivity index (χ0v) is 20.5. The maximum absolute atomic E-state index is 13.2. The molecule has 0 radical (unpaired) electrons. The number of fused-ring (bicyclic) bond motifs is 3. The fourth-order valence-corrected chi connectivity index (χ4v) is 4.93. The van der Waals surface area contributed by atoms with E-state index in [4.69, 9.17) is 9.98 Å². The molecule has 2 atom stereocenters. The van der Waals surface area contributed by atoms with Gasteiger partial charge >= 0.3 is 0 Å². The van der Waals surface area contributed by atoms with Crippen LogP contribution in [0.4, 0.5) is 11.4 Å². The predicted octanol–water partition coefficient (Wildman–Crippen LogP) is 5.58. The zero-order valence-electron chi connectivity index (χ0n) is 19.7. The second-order valence-corrected chi connectivity index (χ2v) is 10.2. The summed E-state index contributed by atoms with van der Waals surface area (Å²) < 4.78 is 0. The third-order valence-corrected chi connectivity index (χ3v) is 7.20. The molecule has 0 spiro atoms. The minimum atomic E-state index is -0.440. The van der Waals surface area contributed by atoms with Crippen LogP contribution in [0.5, 0.6) is 0 Å². The number of carbonyl (C=O) groups excluding carboxylic acids is 2. The number of hydrogen-bond acceptors (Lipinski definition) is 5. The van der Waals surface area contributed by atoms with Crippen molar-refractivity contribution >= 4 is 46.0 Å². The molecule has 0 saturated carbocycles. The van der Waals surface area contributed by atoms with Crippen LogP contribution in [-0.4, -0.2) is 39.0 Å². The van der Waals surface area contributed by atoms with Crippen LogP contribution >= 0.6 is 11.8 Å². The van der Waals surface area contributed by atoms with Crippen molar-refractivity contribution in [2.45, 2.75) is 58.2 Å². The Morgan fingerprint density at radius 2 is 1.79 bits per heavy atom. The van der Waals surface area contributed by atoms with E-state index in [-0.39, 0.29) is 17.7 Å². The number of carbonyl (C=O) groups is 2. The highest BCUT2D eigenvalue weighted by atomic mass is 32.2. The number of para-hydroxylation sites is 1. The van der Waals surface area contributed by atoms with Crippen molar-refractivity contribution in [2.75, 3.05) is 5.32 Å². The van der Waals surface area contributed by atoms with Crippen molar-refractivity contribution in [1.82, 2.24) is 4.90 Å². The first-order chi connectivity index (χ1) is 15.8. The van der Waals surface area contributed by atoms with Crippen molar-refractivity contribution in [3.8, 4) is 0 Å². The number of hydrogen-bond donors (Lipinski definition) is 1. The van der Waals surface area contributed by atoms with E-state index < -0.39 is 11.3 Å². The summed E-state index contributed by atoms with van der Waals surface area (Å²) in [7, 11) is 0. The molecule has 2 aromatic carbocycles. The average Bonchev–Trinajstić information content (AvgIpc) is 3.15. The highest BCUT2D eigenvalue weighted by Gasteiger charge is 2.43. The number of thioether (sulfide) groups is 1. The SMILES string of the molecule is CC[C@H](SC1=Nc2ccccc2C2=N[C@H](C(C)C)C(=O)N12)C(=O)Nc1ccc(C(C)C)cc1. The largest absolute Gasteiger partial charge is 0.325 e. The molecule has 172 valence electrons. The molecule has 2 aliphatic rings. The normalized spacial score (nSPS) is 18.1. The Labute approximate surface area is 199 Å². The zero-order chi connectivity index (χ0) is 23.7. The number of rotatable bonds is 6. The lowest BCUT2D eigenvalue weighted by Gasteiger charge is -2.27. The van der Waals surface area contributed by atoms with Crippen LogP contribution in [0.3, 0.4) is 0 Å². The predicted molar refractivity (Wildman–Crippen MR) is 136 cm³/mol. The Hall–Kier alpha value is -2.93. The van der Waals surface area contributed by atoms with Gasteiger partial charge in [-0.05, 0) is 48.1 Å². The second kappa shape index (κ2) is 9.51. The number of nitrogens with zero attached hydrogens (tertiary/aromatic N) is 3. The summed E-state index contributed by atoms with van der Waals surface area (Å²) in [4.78, 5) is 37.5. The van der Waals surface area contributed by atoms with Gasteiger partial charge in [0.2, 0.25) is 5.91 Å². The minimum Gasteiger partial charge on any atom is -0.325 e. The molecule has 2 amide bonds. The Bertz CT molecular complexity index is 1120. The van der Waals surface area contributed by atoms with Crippen LogP contribution in [-0.2, 0) is 9.59 Å². The topological polar surface area (TPSA) is 74.1 Å². The van der Waals surface area contributed by atoms with Gasteiger partial charge in [-0.1, -0.05) is 70.6 Å². The fraction of sp³-hybridized carbons (Fsp3) is 0.385. The summed E-state index contributed by atoms with van der Waals surface area (Å²) in [5, 5.41) is 3.13. The number of anilines is 1. The molecule has 0 aromatic heterocycles. The molecule has 0 aliphatic carbocycles. The molecule has 7 heteroatoms. The third kappa shape index (κ3) is 4.60. The number of aliphatic imine (C=N–C) groups is 2. The van der Waals surface area contributed by atoms with Gasteiger partial charge in [0, 0.05) is 11.3 Å². The summed E-state index contributed by atoms with van der Waals surface area (Å²) in [6.45, 7) is 10.2. The molecule has 0 unspecified atom stereocenters. The molecular formula is C26H30N4O2S. The Morgan fingerprint density at radius 1 is 1.09 bits per heavy atom.